The van der Waals surface area contributed by atoms with E-state index in [1.54, 1.807) is 0 Å². The van der Waals surface area contributed by atoms with Crippen LogP contribution in [0.15, 0.2) is 29.5 Å². The SMILES string of the molecule is CN=C(NCCCN1CC(C)CC(C)C1)NCCn1cccc1.I. The lowest BCUT2D eigenvalue weighted by atomic mass is 9.92. The first-order chi connectivity index (χ1) is 11.2. The predicted molar refractivity (Wildman–Crippen MR) is 113 cm³/mol. The van der Waals surface area contributed by atoms with Crippen molar-refractivity contribution in [1.82, 2.24) is 20.1 Å². The van der Waals surface area contributed by atoms with Gasteiger partial charge in [-0.3, -0.25) is 4.99 Å². The Morgan fingerprint density at radius 3 is 2.29 bits per heavy atom. The number of piperidine rings is 1. The maximum atomic E-state index is 4.29. The van der Waals surface area contributed by atoms with Crippen molar-refractivity contribution in [3.8, 4) is 0 Å². The zero-order chi connectivity index (χ0) is 16.5. The molecule has 0 amide bonds. The van der Waals surface area contributed by atoms with E-state index in [0.717, 1.165) is 43.9 Å². The summed E-state index contributed by atoms with van der Waals surface area (Å²) < 4.78 is 2.17. The van der Waals surface area contributed by atoms with Gasteiger partial charge in [0, 0.05) is 52.2 Å². The van der Waals surface area contributed by atoms with Crippen molar-refractivity contribution in [2.45, 2.75) is 33.2 Å². The van der Waals surface area contributed by atoms with Gasteiger partial charge in [-0.2, -0.15) is 0 Å². The van der Waals surface area contributed by atoms with E-state index in [1.807, 2.05) is 7.05 Å². The molecule has 2 atom stereocenters. The molecule has 2 N–H and O–H groups in total. The number of halogens is 1. The molecule has 24 heavy (non-hydrogen) atoms. The van der Waals surface area contributed by atoms with Crippen LogP contribution in [0.25, 0.3) is 0 Å². The highest BCUT2D eigenvalue weighted by Gasteiger charge is 2.20. The van der Waals surface area contributed by atoms with E-state index < -0.39 is 0 Å². The number of aliphatic imine (C=N–C) groups is 1. The first kappa shape index (κ1) is 21.3. The number of rotatable bonds is 7. The van der Waals surface area contributed by atoms with E-state index in [-0.39, 0.29) is 24.0 Å². The highest BCUT2D eigenvalue weighted by molar-refractivity contribution is 14.0. The average Bonchev–Trinajstić information content (AvgIpc) is 3.02. The quantitative estimate of drug-likeness (QED) is 0.293. The summed E-state index contributed by atoms with van der Waals surface area (Å²) in [5.74, 6) is 2.59. The van der Waals surface area contributed by atoms with Crippen LogP contribution in [0.5, 0.6) is 0 Å². The van der Waals surface area contributed by atoms with Gasteiger partial charge < -0.3 is 20.1 Å². The fraction of sp³-hybridized carbons (Fsp3) is 0.722. The van der Waals surface area contributed by atoms with Crippen molar-refractivity contribution >= 4 is 29.9 Å². The van der Waals surface area contributed by atoms with Crippen LogP contribution in [0.1, 0.15) is 26.7 Å². The molecule has 1 aromatic heterocycles. The number of guanidine groups is 1. The van der Waals surface area contributed by atoms with Gasteiger partial charge >= 0.3 is 0 Å². The van der Waals surface area contributed by atoms with E-state index in [0.29, 0.717) is 0 Å². The molecule has 2 unspecified atom stereocenters. The molecule has 1 aliphatic heterocycles. The zero-order valence-electron chi connectivity index (χ0n) is 15.4. The van der Waals surface area contributed by atoms with Gasteiger partial charge in [0.15, 0.2) is 5.96 Å². The highest BCUT2D eigenvalue weighted by atomic mass is 127. The summed E-state index contributed by atoms with van der Waals surface area (Å²) in [6.07, 6.45) is 6.71. The molecule has 0 radical (unpaired) electrons. The Hall–Kier alpha value is -0.760. The second kappa shape index (κ2) is 11.7. The number of hydrogen-bond acceptors (Lipinski definition) is 2. The van der Waals surface area contributed by atoms with Gasteiger partial charge in [-0.1, -0.05) is 13.8 Å². The second-order valence-corrected chi connectivity index (χ2v) is 6.91. The smallest absolute Gasteiger partial charge is 0.191 e. The third-order valence-electron chi connectivity index (χ3n) is 4.44. The van der Waals surface area contributed by atoms with E-state index in [9.17, 15) is 0 Å². The Labute approximate surface area is 164 Å². The average molecular weight is 447 g/mol. The van der Waals surface area contributed by atoms with Gasteiger partial charge in [0.2, 0.25) is 0 Å². The van der Waals surface area contributed by atoms with Crippen LogP contribution >= 0.6 is 24.0 Å². The molecule has 0 spiro atoms. The lowest BCUT2D eigenvalue weighted by molar-refractivity contribution is 0.140. The van der Waals surface area contributed by atoms with E-state index in [1.165, 1.54) is 26.1 Å². The first-order valence-corrected chi connectivity index (χ1v) is 8.95. The Balaban J connectivity index is 0.00000288. The minimum Gasteiger partial charge on any atom is -0.356 e. The van der Waals surface area contributed by atoms with Crippen molar-refractivity contribution in [3.05, 3.63) is 24.5 Å². The molecule has 1 aliphatic rings. The van der Waals surface area contributed by atoms with Crippen LogP contribution in [0, 0.1) is 11.8 Å². The summed E-state index contributed by atoms with van der Waals surface area (Å²) >= 11 is 0. The van der Waals surface area contributed by atoms with Crippen LogP contribution in [-0.2, 0) is 6.54 Å². The molecule has 1 aromatic rings. The van der Waals surface area contributed by atoms with Crippen LogP contribution in [0.4, 0.5) is 0 Å². The van der Waals surface area contributed by atoms with E-state index in [4.69, 9.17) is 0 Å². The standard InChI is InChI=1S/C18H33N5.HI/c1-16-13-17(2)15-23(14-16)11-6-7-20-18(19-3)21-8-12-22-9-4-5-10-22;/h4-5,9-10,16-17H,6-8,11-15H2,1-3H3,(H2,19,20,21);1H. The number of likely N-dealkylation sites (tertiary alicyclic amines) is 1. The van der Waals surface area contributed by atoms with Crippen LogP contribution < -0.4 is 10.6 Å². The fourth-order valence-corrected chi connectivity index (χ4v) is 3.53. The first-order valence-electron chi connectivity index (χ1n) is 8.95. The predicted octanol–water partition coefficient (Wildman–Crippen LogP) is 2.64. The molecule has 138 valence electrons. The van der Waals surface area contributed by atoms with Crippen molar-refractivity contribution < 1.29 is 0 Å². The molecular formula is C18H34IN5. The monoisotopic (exact) mass is 447 g/mol. The number of aromatic nitrogens is 1. The van der Waals surface area contributed by atoms with Gasteiger partial charge in [0.25, 0.3) is 0 Å². The van der Waals surface area contributed by atoms with Crippen LogP contribution in [0.3, 0.4) is 0 Å². The molecule has 0 aliphatic carbocycles. The van der Waals surface area contributed by atoms with Crippen molar-refractivity contribution in [1.29, 1.82) is 0 Å². The number of hydrogen-bond donors (Lipinski definition) is 2. The highest BCUT2D eigenvalue weighted by Crippen LogP contribution is 2.20. The van der Waals surface area contributed by atoms with Crippen molar-refractivity contribution in [2.24, 2.45) is 16.8 Å². The molecule has 2 rings (SSSR count). The van der Waals surface area contributed by atoms with Gasteiger partial charge in [-0.25, -0.2) is 0 Å². The Kier molecular flexibility index (Phi) is 10.4. The van der Waals surface area contributed by atoms with Crippen molar-refractivity contribution in [2.75, 3.05) is 39.8 Å². The molecule has 5 nitrogen and oxygen atoms in total. The van der Waals surface area contributed by atoms with Gasteiger partial charge in [-0.15, -0.1) is 24.0 Å². The molecule has 1 fully saturated rings. The van der Waals surface area contributed by atoms with Crippen LogP contribution in [-0.4, -0.2) is 55.2 Å². The van der Waals surface area contributed by atoms with Gasteiger partial charge in [0.05, 0.1) is 0 Å². The minimum atomic E-state index is 0. The number of nitrogens with zero attached hydrogens (tertiary/aromatic N) is 3. The maximum absolute atomic E-state index is 4.29. The summed E-state index contributed by atoms with van der Waals surface area (Å²) in [4.78, 5) is 6.90. The molecule has 0 saturated carbocycles. The minimum absolute atomic E-state index is 0. The molecule has 1 saturated heterocycles. The Morgan fingerprint density at radius 1 is 1.04 bits per heavy atom. The molecule has 0 bridgehead atoms. The third-order valence-corrected chi connectivity index (χ3v) is 4.44. The summed E-state index contributed by atoms with van der Waals surface area (Å²) in [7, 11) is 1.83. The van der Waals surface area contributed by atoms with Crippen LogP contribution in [0.2, 0.25) is 0 Å². The lowest BCUT2D eigenvalue weighted by Crippen LogP contribution is -2.42. The van der Waals surface area contributed by atoms with Gasteiger partial charge in [-0.05, 0) is 43.4 Å². The maximum Gasteiger partial charge on any atom is 0.191 e. The normalized spacial score (nSPS) is 22.0. The lowest BCUT2D eigenvalue weighted by Gasteiger charge is -2.35. The van der Waals surface area contributed by atoms with E-state index in [2.05, 4.69) is 63.5 Å². The molecular weight excluding hydrogens is 413 g/mol. The molecule has 6 heteroatoms. The van der Waals surface area contributed by atoms with Gasteiger partial charge in [0.1, 0.15) is 0 Å². The molecule has 2 heterocycles. The third kappa shape index (κ3) is 7.88. The topological polar surface area (TPSA) is 44.6 Å². The van der Waals surface area contributed by atoms with Crippen molar-refractivity contribution in [3.63, 3.8) is 0 Å². The Morgan fingerprint density at radius 2 is 1.67 bits per heavy atom. The summed E-state index contributed by atoms with van der Waals surface area (Å²) in [6, 6.07) is 4.10. The summed E-state index contributed by atoms with van der Waals surface area (Å²) in [6.45, 7) is 11.3. The zero-order valence-corrected chi connectivity index (χ0v) is 17.7. The summed E-state index contributed by atoms with van der Waals surface area (Å²) in [5, 5.41) is 6.78. The van der Waals surface area contributed by atoms with E-state index >= 15 is 0 Å². The number of nitrogens with one attached hydrogen (secondary N) is 2. The second-order valence-electron chi connectivity index (χ2n) is 6.91. The molecule has 0 aromatic carbocycles. The largest absolute Gasteiger partial charge is 0.356 e. The Bertz CT molecular complexity index is 450. The summed E-state index contributed by atoms with van der Waals surface area (Å²) in [5.41, 5.74) is 0. The fourth-order valence-electron chi connectivity index (χ4n) is 3.53.